The highest BCUT2D eigenvalue weighted by molar-refractivity contribution is 7.90. The van der Waals surface area contributed by atoms with Crippen molar-refractivity contribution in [2.75, 3.05) is 18.1 Å². The van der Waals surface area contributed by atoms with Crippen LogP contribution in [-0.2, 0) is 25.0 Å². The summed E-state index contributed by atoms with van der Waals surface area (Å²) in [6.07, 6.45) is 1.09. The molecule has 2 heterocycles. The van der Waals surface area contributed by atoms with Crippen molar-refractivity contribution < 1.29 is 27.2 Å². The number of benzene rings is 2. The number of carbonyl (C=O) groups is 3. The molecule has 1 atom stereocenters. The molecule has 1 saturated heterocycles. The summed E-state index contributed by atoms with van der Waals surface area (Å²) in [5.74, 6) is -1.78. The molecule has 0 aliphatic carbocycles. The third-order valence-electron chi connectivity index (χ3n) is 5.03. The molecule has 0 bridgehead atoms. The van der Waals surface area contributed by atoms with Gasteiger partial charge in [0.25, 0.3) is 5.91 Å². The van der Waals surface area contributed by atoms with E-state index in [4.69, 9.17) is 0 Å². The van der Waals surface area contributed by atoms with Gasteiger partial charge in [0, 0.05) is 6.26 Å². The lowest BCUT2D eigenvalue weighted by molar-refractivity contribution is -0.133. The van der Waals surface area contributed by atoms with E-state index in [0.717, 1.165) is 22.5 Å². The molecule has 2 aromatic carbocycles. The molecule has 1 aromatic heterocycles. The quantitative estimate of drug-likeness (QED) is 0.544. The van der Waals surface area contributed by atoms with E-state index in [1.807, 2.05) is 0 Å². The number of nitrogens with one attached hydrogen (secondary N) is 2. The third kappa shape index (κ3) is 3.94. The summed E-state index contributed by atoms with van der Waals surface area (Å²) >= 11 is 1.07. The molecule has 32 heavy (non-hydrogen) atoms. The van der Waals surface area contributed by atoms with Crippen molar-refractivity contribution in [2.24, 2.45) is 0 Å². The lowest BCUT2D eigenvalue weighted by atomic mass is 9.92. The molecule has 0 radical (unpaired) electrons. The number of nitrogens with zero attached hydrogens (tertiary/aromatic N) is 2. The Morgan fingerprint density at radius 3 is 2.56 bits per heavy atom. The molecule has 9 nitrogen and oxygen atoms in total. The molecule has 1 unspecified atom stereocenters. The normalized spacial score (nSPS) is 18.8. The average molecular weight is 477 g/mol. The highest BCUT2D eigenvalue weighted by Crippen LogP contribution is 2.30. The van der Waals surface area contributed by atoms with Crippen LogP contribution in [0.5, 0.6) is 0 Å². The number of sulfone groups is 1. The highest BCUT2D eigenvalue weighted by atomic mass is 32.2. The second kappa shape index (κ2) is 7.64. The monoisotopic (exact) mass is 476 g/mol. The van der Waals surface area contributed by atoms with Crippen LogP contribution >= 0.6 is 11.3 Å². The number of thiazole rings is 1. The van der Waals surface area contributed by atoms with Crippen LogP contribution in [0.1, 0.15) is 12.5 Å². The fourth-order valence-electron chi connectivity index (χ4n) is 3.31. The van der Waals surface area contributed by atoms with Crippen LogP contribution in [-0.4, -0.2) is 48.9 Å². The lowest BCUT2D eigenvalue weighted by Gasteiger charge is -2.22. The fourth-order valence-corrected chi connectivity index (χ4v) is 4.95. The van der Waals surface area contributed by atoms with Gasteiger partial charge in [-0.3, -0.25) is 14.5 Å². The van der Waals surface area contributed by atoms with E-state index in [0.29, 0.717) is 15.8 Å². The van der Waals surface area contributed by atoms with Gasteiger partial charge in [-0.1, -0.05) is 23.5 Å². The van der Waals surface area contributed by atoms with Gasteiger partial charge in [-0.15, -0.1) is 0 Å². The largest absolute Gasteiger partial charge is 0.325 e. The van der Waals surface area contributed by atoms with E-state index >= 15 is 0 Å². The van der Waals surface area contributed by atoms with Crippen LogP contribution in [0.25, 0.3) is 10.2 Å². The minimum absolute atomic E-state index is 0.130. The van der Waals surface area contributed by atoms with Gasteiger partial charge in [0.2, 0.25) is 5.91 Å². The maximum Gasteiger partial charge on any atom is 0.325 e. The first-order valence-electron chi connectivity index (χ1n) is 9.28. The summed E-state index contributed by atoms with van der Waals surface area (Å²) in [4.78, 5) is 42.9. The minimum atomic E-state index is -3.39. The smallest absolute Gasteiger partial charge is 0.319 e. The van der Waals surface area contributed by atoms with Crippen molar-refractivity contribution in [1.82, 2.24) is 15.2 Å². The maximum atomic E-state index is 13.2. The number of halogens is 1. The Morgan fingerprint density at radius 1 is 1.22 bits per heavy atom. The van der Waals surface area contributed by atoms with Crippen molar-refractivity contribution in [3.8, 4) is 0 Å². The molecule has 1 fully saturated rings. The van der Waals surface area contributed by atoms with Gasteiger partial charge in [0.15, 0.2) is 15.0 Å². The van der Waals surface area contributed by atoms with Gasteiger partial charge in [0.1, 0.15) is 17.9 Å². The van der Waals surface area contributed by atoms with Crippen LogP contribution in [0.2, 0.25) is 0 Å². The van der Waals surface area contributed by atoms with Crippen LogP contribution in [0.4, 0.5) is 14.3 Å². The summed E-state index contributed by atoms with van der Waals surface area (Å²) < 4.78 is 37.2. The predicted octanol–water partition coefficient (Wildman–Crippen LogP) is 2.24. The number of hydrogen-bond acceptors (Lipinski definition) is 7. The van der Waals surface area contributed by atoms with Crippen molar-refractivity contribution in [3.63, 3.8) is 0 Å². The first kappa shape index (κ1) is 21.8. The van der Waals surface area contributed by atoms with Crippen molar-refractivity contribution in [2.45, 2.75) is 17.4 Å². The summed E-state index contributed by atoms with van der Waals surface area (Å²) in [5, 5.41) is 5.27. The number of urea groups is 1. The number of amides is 4. The molecule has 2 N–H and O–H groups in total. The molecule has 3 aromatic rings. The van der Waals surface area contributed by atoms with Gasteiger partial charge in [-0.25, -0.2) is 22.6 Å². The Morgan fingerprint density at radius 2 is 1.91 bits per heavy atom. The van der Waals surface area contributed by atoms with Crippen LogP contribution in [0.3, 0.4) is 0 Å². The highest BCUT2D eigenvalue weighted by Gasteiger charge is 2.49. The number of hydrogen-bond donors (Lipinski definition) is 2. The Hall–Kier alpha value is -3.38. The van der Waals surface area contributed by atoms with Gasteiger partial charge in [0.05, 0.1) is 15.1 Å². The van der Waals surface area contributed by atoms with Crippen LogP contribution in [0, 0.1) is 5.82 Å². The summed E-state index contributed by atoms with van der Waals surface area (Å²) in [6.45, 7) is 0.928. The number of imide groups is 1. The molecule has 166 valence electrons. The SMILES string of the molecule is CC1(c2ccc(F)cc2)NC(=O)N(CC(=O)Nc2nc3ccc(S(C)(=O)=O)cc3s2)C1=O. The number of fused-ring (bicyclic) bond motifs is 1. The van der Waals surface area contributed by atoms with Crippen molar-refractivity contribution >= 4 is 54.4 Å². The van der Waals surface area contributed by atoms with Gasteiger partial charge < -0.3 is 10.6 Å². The minimum Gasteiger partial charge on any atom is -0.319 e. The molecular weight excluding hydrogens is 459 g/mol. The summed E-state index contributed by atoms with van der Waals surface area (Å²) in [6, 6.07) is 8.81. The van der Waals surface area contributed by atoms with Gasteiger partial charge in [-0.2, -0.15) is 0 Å². The van der Waals surface area contributed by atoms with Gasteiger partial charge in [-0.05, 0) is 42.8 Å². The van der Waals surface area contributed by atoms with E-state index < -0.39 is 45.6 Å². The zero-order valence-electron chi connectivity index (χ0n) is 16.9. The fraction of sp³-hybridized carbons (Fsp3) is 0.200. The molecule has 0 spiro atoms. The Labute approximate surface area is 186 Å². The van der Waals surface area contributed by atoms with Crippen LogP contribution < -0.4 is 10.6 Å². The second-order valence-corrected chi connectivity index (χ2v) is 10.5. The molecule has 1 aliphatic rings. The molecular formula is C20H17FN4O5S2. The van der Waals surface area contributed by atoms with Crippen LogP contribution in [0.15, 0.2) is 47.4 Å². The average Bonchev–Trinajstić information content (AvgIpc) is 3.20. The molecule has 1 aliphatic heterocycles. The molecule has 4 amide bonds. The van der Waals surface area contributed by atoms with Gasteiger partial charge >= 0.3 is 6.03 Å². The molecule has 0 saturated carbocycles. The van der Waals surface area contributed by atoms with E-state index in [2.05, 4.69) is 15.6 Å². The third-order valence-corrected chi connectivity index (χ3v) is 7.08. The van der Waals surface area contributed by atoms with Crippen molar-refractivity contribution in [1.29, 1.82) is 0 Å². The lowest BCUT2D eigenvalue weighted by Crippen LogP contribution is -2.42. The number of anilines is 1. The number of aromatic nitrogens is 1. The van der Waals surface area contributed by atoms with E-state index in [-0.39, 0.29) is 10.0 Å². The Kier molecular flexibility index (Phi) is 5.21. The standard InChI is InChI=1S/C20H17FN4O5S2/c1-20(11-3-5-12(21)6-4-11)17(27)25(19(28)24-20)10-16(26)23-18-22-14-8-7-13(32(2,29)30)9-15(14)31-18/h3-9H,10H2,1-2H3,(H,24,28)(H,22,23,26). The number of rotatable bonds is 5. The van der Waals surface area contributed by atoms with E-state index in [1.54, 1.807) is 0 Å². The summed E-state index contributed by atoms with van der Waals surface area (Å²) in [7, 11) is -3.39. The van der Waals surface area contributed by atoms with E-state index in [9.17, 15) is 27.2 Å². The predicted molar refractivity (Wildman–Crippen MR) is 115 cm³/mol. The molecule has 12 heteroatoms. The first-order chi connectivity index (χ1) is 15.0. The maximum absolute atomic E-state index is 13.2. The second-order valence-electron chi connectivity index (χ2n) is 7.42. The van der Waals surface area contributed by atoms with E-state index in [1.165, 1.54) is 49.4 Å². The zero-order chi connectivity index (χ0) is 23.3. The topological polar surface area (TPSA) is 126 Å². The van der Waals surface area contributed by atoms with Crippen molar-refractivity contribution in [3.05, 3.63) is 53.8 Å². The molecule has 4 rings (SSSR count). The Bertz CT molecular complexity index is 1370. The Balaban J connectivity index is 1.50. The zero-order valence-corrected chi connectivity index (χ0v) is 18.5. The first-order valence-corrected chi connectivity index (χ1v) is 12.0. The number of carbonyl (C=O) groups excluding carboxylic acids is 3. The summed E-state index contributed by atoms with van der Waals surface area (Å²) in [5.41, 5.74) is -0.548.